The second-order valence-corrected chi connectivity index (χ2v) is 7.17. The first kappa shape index (κ1) is 15.1. The summed E-state index contributed by atoms with van der Waals surface area (Å²) in [6.07, 6.45) is 1.91. The Morgan fingerprint density at radius 1 is 1.17 bits per heavy atom. The second-order valence-electron chi connectivity index (χ2n) is 4.86. The van der Waals surface area contributed by atoms with Crippen molar-refractivity contribution in [1.82, 2.24) is 20.2 Å². The maximum absolute atomic E-state index is 12.2. The average Bonchev–Trinajstić information content (AvgIpc) is 3.24. The van der Waals surface area contributed by atoms with Crippen LogP contribution in [0, 0.1) is 0 Å². The topological polar surface area (TPSA) is 75.5 Å². The van der Waals surface area contributed by atoms with E-state index in [1.54, 1.807) is 30.3 Å². The standard InChI is InChI=1S/C15H9ClN4O2S2/c16-9-4-2-1-3-8(9)12(21)18-19-13(22)11-7-10-14(24-11)17-15-20(10)5-6-23-15/h1-7H,(H,18,21)(H,19,22). The molecule has 2 amide bonds. The lowest BCUT2D eigenvalue weighted by molar-refractivity contribution is 0.0849. The molecule has 9 heteroatoms. The van der Waals surface area contributed by atoms with E-state index in [0.717, 1.165) is 15.3 Å². The fourth-order valence-corrected chi connectivity index (χ4v) is 4.16. The Hall–Kier alpha value is -2.42. The lowest BCUT2D eigenvalue weighted by Crippen LogP contribution is -2.41. The number of amides is 2. The number of hydrogen-bond donors (Lipinski definition) is 2. The molecule has 0 aliphatic rings. The molecule has 3 heterocycles. The van der Waals surface area contributed by atoms with Crippen LogP contribution in [0.5, 0.6) is 0 Å². The van der Waals surface area contributed by atoms with Crippen LogP contribution in [-0.2, 0) is 0 Å². The maximum atomic E-state index is 12.2. The van der Waals surface area contributed by atoms with E-state index < -0.39 is 11.8 Å². The third kappa shape index (κ3) is 2.54. The van der Waals surface area contributed by atoms with Crippen molar-refractivity contribution in [2.75, 3.05) is 0 Å². The van der Waals surface area contributed by atoms with Crippen LogP contribution in [0.25, 0.3) is 15.3 Å². The summed E-state index contributed by atoms with van der Waals surface area (Å²) in [6.45, 7) is 0. The molecular formula is C15H9ClN4O2S2. The van der Waals surface area contributed by atoms with Gasteiger partial charge in [0.2, 0.25) is 0 Å². The van der Waals surface area contributed by atoms with Crippen molar-refractivity contribution in [3.63, 3.8) is 0 Å². The number of benzene rings is 1. The van der Waals surface area contributed by atoms with Crippen LogP contribution in [0.4, 0.5) is 0 Å². The summed E-state index contributed by atoms with van der Waals surface area (Å²) in [5.41, 5.74) is 5.93. The Labute approximate surface area is 148 Å². The highest BCUT2D eigenvalue weighted by Crippen LogP contribution is 2.28. The number of fused-ring (bicyclic) bond motifs is 3. The molecule has 2 N–H and O–H groups in total. The number of thiazole rings is 1. The quantitative estimate of drug-likeness (QED) is 0.527. The first-order valence-corrected chi connectivity index (χ1v) is 8.91. The van der Waals surface area contributed by atoms with Gasteiger partial charge in [-0.1, -0.05) is 23.7 Å². The van der Waals surface area contributed by atoms with Crippen LogP contribution in [0.2, 0.25) is 5.02 Å². The lowest BCUT2D eigenvalue weighted by Gasteiger charge is -2.07. The van der Waals surface area contributed by atoms with Gasteiger partial charge in [-0.05, 0) is 18.2 Å². The van der Waals surface area contributed by atoms with Crippen LogP contribution in [-0.4, -0.2) is 21.2 Å². The molecule has 0 fully saturated rings. The number of hydrogen-bond acceptors (Lipinski definition) is 5. The summed E-state index contributed by atoms with van der Waals surface area (Å²) in [5, 5.41) is 2.25. The molecule has 6 nitrogen and oxygen atoms in total. The van der Waals surface area contributed by atoms with E-state index >= 15 is 0 Å². The summed E-state index contributed by atoms with van der Waals surface area (Å²) in [5.74, 6) is -0.875. The van der Waals surface area contributed by atoms with E-state index in [-0.39, 0.29) is 0 Å². The molecule has 1 aromatic carbocycles. The Morgan fingerprint density at radius 3 is 2.79 bits per heavy atom. The Bertz CT molecular complexity index is 1080. The number of carbonyl (C=O) groups excluding carboxylic acids is 2. The number of hydrazine groups is 1. The Kier molecular flexibility index (Phi) is 3.72. The molecule has 0 saturated heterocycles. The number of carbonyl (C=O) groups is 2. The van der Waals surface area contributed by atoms with Crippen molar-refractivity contribution in [3.8, 4) is 0 Å². The highest BCUT2D eigenvalue weighted by molar-refractivity contribution is 7.21. The minimum Gasteiger partial charge on any atom is -0.289 e. The second kappa shape index (κ2) is 5.90. The highest BCUT2D eigenvalue weighted by Gasteiger charge is 2.16. The van der Waals surface area contributed by atoms with Gasteiger partial charge in [0.15, 0.2) is 4.96 Å². The molecule has 0 bridgehead atoms. The van der Waals surface area contributed by atoms with Crippen LogP contribution < -0.4 is 10.9 Å². The molecule has 4 aromatic rings. The van der Waals surface area contributed by atoms with E-state index in [2.05, 4.69) is 15.8 Å². The molecule has 0 aliphatic heterocycles. The van der Waals surface area contributed by atoms with Gasteiger partial charge in [-0.2, -0.15) is 0 Å². The van der Waals surface area contributed by atoms with E-state index in [1.807, 2.05) is 16.0 Å². The van der Waals surface area contributed by atoms with Gasteiger partial charge in [0.1, 0.15) is 4.83 Å². The van der Waals surface area contributed by atoms with Gasteiger partial charge >= 0.3 is 0 Å². The molecule has 0 spiro atoms. The van der Waals surface area contributed by atoms with Crippen molar-refractivity contribution in [1.29, 1.82) is 0 Å². The highest BCUT2D eigenvalue weighted by atomic mass is 35.5. The van der Waals surface area contributed by atoms with Gasteiger partial charge in [-0.25, -0.2) is 4.98 Å². The minimum absolute atomic E-state index is 0.293. The first-order chi connectivity index (χ1) is 11.6. The van der Waals surface area contributed by atoms with Gasteiger partial charge in [0.05, 0.1) is 21.0 Å². The predicted molar refractivity (Wildman–Crippen MR) is 94.8 cm³/mol. The number of nitrogens with one attached hydrogen (secondary N) is 2. The van der Waals surface area contributed by atoms with Crippen molar-refractivity contribution in [2.45, 2.75) is 0 Å². The fourth-order valence-electron chi connectivity index (χ4n) is 2.25. The molecule has 4 rings (SSSR count). The monoisotopic (exact) mass is 376 g/mol. The van der Waals surface area contributed by atoms with E-state index in [0.29, 0.717) is 15.5 Å². The summed E-state index contributed by atoms with van der Waals surface area (Å²) in [7, 11) is 0. The zero-order chi connectivity index (χ0) is 16.7. The van der Waals surface area contributed by atoms with Gasteiger partial charge in [0, 0.05) is 11.6 Å². The summed E-state index contributed by atoms with van der Waals surface area (Å²) in [4.78, 5) is 30.8. The zero-order valence-corrected chi connectivity index (χ0v) is 14.3. The van der Waals surface area contributed by atoms with E-state index in [4.69, 9.17) is 11.6 Å². The smallest absolute Gasteiger partial charge is 0.279 e. The van der Waals surface area contributed by atoms with Gasteiger partial charge in [0.25, 0.3) is 11.8 Å². The van der Waals surface area contributed by atoms with E-state index in [1.165, 1.54) is 22.7 Å². The molecule has 0 saturated carbocycles. The normalized spacial score (nSPS) is 11.0. The van der Waals surface area contributed by atoms with Gasteiger partial charge in [-0.3, -0.25) is 24.8 Å². The summed E-state index contributed by atoms with van der Waals surface area (Å²) in [6, 6.07) is 8.37. The lowest BCUT2D eigenvalue weighted by atomic mass is 10.2. The van der Waals surface area contributed by atoms with Crippen LogP contribution in [0.15, 0.2) is 41.9 Å². The largest absolute Gasteiger partial charge is 0.289 e. The average molecular weight is 377 g/mol. The van der Waals surface area contributed by atoms with E-state index in [9.17, 15) is 9.59 Å². The number of imidazole rings is 1. The summed E-state index contributed by atoms with van der Waals surface area (Å²) >= 11 is 8.76. The number of rotatable bonds is 2. The molecular weight excluding hydrogens is 368 g/mol. The number of nitrogens with zero attached hydrogens (tertiary/aromatic N) is 2. The number of aromatic nitrogens is 2. The summed E-state index contributed by atoms with van der Waals surface area (Å²) < 4.78 is 1.93. The van der Waals surface area contributed by atoms with Gasteiger partial charge < -0.3 is 0 Å². The predicted octanol–water partition coefficient (Wildman–Crippen LogP) is 3.34. The van der Waals surface area contributed by atoms with Gasteiger partial charge in [-0.15, -0.1) is 22.7 Å². The molecule has 0 radical (unpaired) electrons. The molecule has 0 aliphatic carbocycles. The van der Waals surface area contributed by atoms with Crippen molar-refractivity contribution >= 4 is 61.4 Å². The van der Waals surface area contributed by atoms with Crippen molar-refractivity contribution in [2.24, 2.45) is 0 Å². The van der Waals surface area contributed by atoms with Crippen molar-refractivity contribution < 1.29 is 9.59 Å². The van der Waals surface area contributed by atoms with Crippen molar-refractivity contribution in [3.05, 3.63) is 57.4 Å². The zero-order valence-electron chi connectivity index (χ0n) is 11.9. The van der Waals surface area contributed by atoms with Crippen LogP contribution >= 0.6 is 34.3 Å². The third-order valence-corrected chi connectivity index (χ3v) is 5.47. The molecule has 24 heavy (non-hydrogen) atoms. The number of thiophene rings is 1. The Balaban J connectivity index is 1.51. The molecule has 3 aromatic heterocycles. The maximum Gasteiger partial charge on any atom is 0.279 e. The minimum atomic E-state index is -0.475. The third-order valence-electron chi connectivity index (χ3n) is 3.37. The molecule has 0 atom stereocenters. The molecule has 120 valence electrons. The van der Waals surface area contributed by atoms with Crippen LogP contribution in [0.1, 0.15) is 20.0 Å². The first-order valence-electron chi connectivity index (χ1n) is 6.84. The Morgan fingerprint density at radius 2 is 1.96 bits per heavy atom. The van der Waals surface area contributed by atoms with Crippen LogP contribution in [0.3, 0.4) is 0 Å². The number of halogens is 1. The SMILES string of the molecule is O=C(NNC(=O)c1ccccc1Cl)c1cc2c(nc3sccn32)s1. The fraction of sp³-hybridized carbons (Fsp3) is 0. The molecule has 0 unspecified atom stereocenters.